The summed E-state index contributed by atoms with van der Waals surface area (Å²) in [5.41, 5.74) is 4.86. The molecule has 42 heavy (non-hydrogen) atoms. The number of rotatable bonds is 10. The Balaban J connectivity index is 1.34. The third kappa shape index (κ3) is 7.14. The number of nitrogens with zero attached hydrogens (tertiary/aromatic N) is 3. The summed E-state index contributed by atoms with van der Waals surface area (Å²) in [7, 11) is 0. The van der Waals surface area contributed by atoms with E-state index >= 15 is 0 Å². The van der Waals surface area contributed by atoms with Crippen molar-refractivity contribution in [2.75, 3.05) is 6.54 Å². The van der Waals surface area contributed by atoms with Crippen molar-refractivity contribution in [3.8, 4) is 11.1 Å². The van der Waals surface area contributed by atoms with Crippen LogP contribution in [0.1, 0.15) is 67.6 Å². The van der Waals surface area contributed by atoms with Gasteiger partial charge in [-0.25, -0.2) is 0 Å². The first-order chi connectivity index (χ1) is 20.4. The van der Waals surface area contributed by atoms with Crippen molar-refractivity contribution < 1.29 is 9.59 Å². The summed E-state index contributed by atoms with van der Waals surface area (Å²) in [5.74, 6) is -0.126. The topological polar surface area (TPSA) is 45.6 Å². The van der Waals surface area contributed by atoms with Crippen LogP contribution in [0.2, 0.25) is 5.02 Å². The maximum atomic E-state index is 14.1. The lowest BCUT2D eigenvalue weighted by atomic mass is 9.94. The van der Waals surface area contributed by atoms with E-state index in [1.165, 1.54) is 6.42 Å². The van der Waals surface area contributed by atoms with Gasteiger partial charge < -0.3 is 14.4 Å². The van der Waals surface area contributed by atoms with Gasteiger partial charge in [-0.15, -0.1) is 0 Å². The number of carbonyl (C=O) groups excluding carboxylic acids is 2. The SMILES string of the molecule is CC(C)N(CC(=O)N(Cc1cccn1Cc1ccccc1Cl)C1CCCCC1)C(=O)c1ccc(-c2ccccc2)cc1. The Bertz CT molecular complexity index is 1470. The van der Waals surface area contributed by atoms with Crippen LogP contribution in [0.4, 0.5) is 0 Å². The standard InChI is InChI=1S/C36H40ClN3O2/c1-27(2)39(36(42)30-21-19-29(20-22-30)28-12-5-3-6-13-28)26-35(41)40(32-15-7-4-8-16-32)25-33-17-11-23-38(33)24-31-14-9-10-18-34(31)37/h3,5-6,9-14,17-23,27,32H,4,7-8,15-16,24-26H2,1-2H3. The second-order valence-corrected chi connectivity index (χ2v) is 11.9. The molecule has 0 saturated heterocycles. The van der Waals surface area contributed by atoms with Crippen molar-refractivity contribution in [3.63, 3.8) is 0 Å². The largest absolute Gasteiger partial charge is 0.345 e. The van der Waals surface area contributed by atoms with Gasteiger partial charge in [-0.3, -0.25) is 9.59 Å². The Labute approximate surface area is 254 Å². The van der Waals surface area contributed by atoms with Gasteiger partial charge in [0.2, 0.25) is 5.91 Å². The van der Waals surface area contributed by atoms with Gasteiger partial charge >= 0.3 is 0 Å². The first-order valence-electron chi connectivity index (χ1n) is 15.0. The molecular formula is C36H40ClN3O2. The van der Waals surface area contributed by atoms with Crippen LogP contribution >= 0.6 is 11.6 Å². The fourth-order valence-electron chi connectivity index (χ4n) is 5.87. The molecule has 1 saturated carbocycles. The number of halogens is 1. The van der Waals surface area contributed by atoms with Crippen molar-refractivity contribution in [2.45, 2.75) is 71.1 Å². The molecule has 5 nitrogen and oxygen atoms in total. The monoisotopic (exact) mass is 581 g/mol. The zero-order valence-electron chi connectivity index (χ0n) is 24.6. The maximum absolute atomic E-state index is 14.1. The average Bonchev–Trinajstić information content (AvgIpc) is 3.46. The number of hydrogen-bond acceptors (Lipinski definition) is 2. The third-order valence-corrected chi connectivity index (χ3v) is 8.69. The van der Waals surface area contributed by atoms with Gasteiger partial charge in [0.1, 0.15) is 6.54 Å². The molecule has 0 radical (unpaired) electrons. The van der Waals surface area contributed by atoms with E-state index < -0.39 is 0 Å². The molecule has 0 bridgehead atoms. The molecule has 0 atom stereocenters. The molecule has 1 fully saturated rings. The number of hydrogen-bond donors (Lipinski definition) is 0. The van der Waals surface area contributed by atoms with E-state index in [9.17, 15) is 9.59 Å². The van der Waals surface area contributed by atoms with E-state index in [1.54, 1.807) is 4.90 Å². The smallest absolute Gasteiger partial charge is 0.254 e. The molecule has 1 aromatic heterocycles. The van der Waals surface area contributed by atoms with Crippen molar-refractivity contribution in [3.05, 3.63) is 119 Å². The van der Waals surface area contributed by atoms with Gasteiger partial charge in [0.25, 0.3) is 5.91 Å². The summed E-state index contributed by atoms with van der Waals surface area (Å²) in [6.07, 6.45) is 7.48. The molecule has 0 spiro atoms. The fraction of sp³-hybridized carbons (Fsp3) is 0.333. The lowest BCUT2D eigenvalue weighted by Gasteiger charge is -2.37. The summed E-state index contributed by atoms with van der Waals surface area (Å²) in [4.78, 5) is 31.5. The van der Waals surface area contributed by atoms with Crippen LogP contribution in [0.5, 0.6) is 0 Å². The molecule has 2 amide bonds. The molecule has 218 valence electrons. The molecular weight excluding hydrogens is 542 g/mol. The highest BCUT2D eigenvalue weighted by atomic mass is 35.5. The normalized spacial score (nSPS) is 13.7. The molecule has 0 aliphatic heterocycles. The summed E-state index contributed by atoms with van der Waals surface area (Å²) in [5, 5.41) is 0.736. The summed E-state index contributed by atoms with van der Waals surface area (Å²) in [6.45, 7) is 5.15. The zero-order chi connectivity index (χ0) is 29.5. The van der Waals surface area contributed by atoms with Crippen molar-refractivity contribution in [1.29, 1.82) is 0 Å². The molecule has 1 heterocycles. The molecule has 1 aliphatic rings. The van der Waals surface area contributed by atoms with Crippen molar-refractivity contribution in [2.24, 2.45) is 0 Å². The van der Waals surface area contributed by atoms with Gasteiger partial charge in [0, 0.05) is 41.1 Å². The van der Waals surface area contributed by atoms with Crippen LogP contribution in [0, 0.1) is 0 Å². The van der Waals surface area contributed by atoms with Crippen LogP contribution in [0.3, 0.4) is 0 Å². The number of benzene rings is 3. The Morgan fingerprint density at radius 2 is 1.50 bits per heavy atom. The summed E-state index contributed by atoms with van der Waals surface area (Å²) < 4.78 is 2.17. The zero-order valence-corrected chi connectivity index (χ0v) is 25.3. The van der Waals surface area contributed by atoms with E-state index in [4.69, 9.17) is 11.6 Å². The Hall–Kier alpha value is -3.83. The third-order valence-electron chi connectivity index (χ3n) is 8.32. The Morgan fingerprint density at radius 3 is 2.19 bits per heavy atom. The molecule has 6 heteroatoms. The van der Waals surface area contributed by atoms with Gasteiger partial charge in [-0.1, -0.05) is 91.5 Å². The summed E-state index contributed by atoms with van der Waals surface area (Å²) >= 11 is 6.46. The number of amides is 2. The minimum Gasteiger partial charge on any atom is -0.345 e. The second kappa shape index (κ2) is 13.9. The Morgan fingerprint density at radius 1 is 0.833 bits per heavy atom. The predicted octanol–water partition coefficient (Wildman–Crippen LogP) is 8.07. The van der Waals surface area contributed by atoms with E-state index in [2.05, 4.69) is 22.8 Å². The van der Waals surface area contributed by atoms with Gasteiger partial charge in [0.15, 0.2) is 0 Å². The highest BCUT2D eigenvalue weighted by molar-refractivity contribution is 6.31. The van der Waals surface area contributed by atoms with Crippen LogP contribution < -0.4 is 0 Å². The summed E-state index contributed by atoms with van der Waals surface area (Å²) in [6, 6.07) is 29.8. The Kier molecular flexibility index (Phi) is 9.81. The quantitative estimate of drug-likeness (QED) is 0.190. The van der Waals surface area contributed by atoms with Crippen LogP contribution in [0.15, 0.2) is 97.2 Å². The molecule has 5 rings (SSSR count). The van der Waals surface area contributed by atoms with Gasteiger partial charge in [-0.05, 0) is 73.7 Å². The fourth-order valence-corrected chi connectivity index (χ4v) is 6.07. The highest BCUT2D eigenvalue weighted by Gasteiger charge is 2.30. The van der Waals surface area contributed by atoms with Crippen LogP contribution in [-0.2, 0) is 17.9 Å². The molecule has 0 N–H and O–H groups in total. The molecule has 3 aromatic carbocycles. The molecule has 1 aliphatic carbocycles. The predicted molar refractivity (Wildman–Crippen MR) is 170 cm³/mol. The minimum absolute atomic E-state index is 0.00431. The molecule has 0 unspecified atom stereocenters. The van der Waals surface area contributed by atoms with E-state index in [0.717, 1.165) is 53.1 Å². The van der Waals surface area contributed by atoms with Crippen LogP contribution in [-0.4, -0.2) is 44.8 Å². The van der Waals surface area contributed by atoms with E-state index in [1.807, 2.05) is 97.7 Å². The van der Waals surface area contributed by atoms with E-state index in [0.29, 0.717) is 18.7 Å². The molecule has 4 aromatic rings. The lowest BCUT2D eigenvalue weighted by Crippen LogP contribution is -2.49. The van der Waals surface area contributed by atoms with Crippen molar-refractivity contribution in [1.82, 2.24) is 14.4 Å². The van der Waals surface area contributed by atoms with Gasteiger partial charge in [-0.2, -0.15) is 0 Å². The lowest BCUT2D eigenvalue weighted by molar-refractivity contribution is -0.136. The van der Waals surface area contributed by atoms with E-state index in [-0.39, 0.29) is 30.4 Å². The first kappa shape index (κ1) is 29.7. The number of aromatic nitrogens is 1. The second-order valence-electron chi connectivity index (χ2n) is 11.5. The van der Waals surface area contributed by atoms with Crippen LogP contribution in [0.25, 0.3) is 11.1 Å². The maximum Gasteiger partial charge on any atom is 0.254 e. The minimum atomic E-state index is -0.122. The highest BCUT2D eigenvalue weighted by Crippen LogP contribution is 2.26. The average molecular weight is 582 g/mol. The first-order valence-corrected chi connectivity index (χ1v) is 15.4. The van der Waals surface area contributed by atoms with Crippen molar-refractivity contribution >= 4 is 23.4 Å². The van der Waals surface area contributed by atoms with Gasteiger partial charge in [0.05, 0.1) is 6.54 Å². The number of carbonyl (C=O) groups is 2.